The standard InChI is InChI=1S/C12H22N2/c1-12(8-4-2-5-9-12)14-11-7-3-6-10-13-11/h2-10H2,1H3,(H,13,14). The van der Waals surface area contributed by atoms with Gasteiger partial charge < -0.3 is 5.32 Å². The Balaban J connectivity index is 1.90. The van der Waals surface area contributed by atoms with Gasteiger partial charge in [-0.1, -0.05) is 19.3 Å². The molecule has 1 aliphatic carbocycles. The van der Waals surface area contributed by atoms with Crippen LogP contribution in [0.4, 0.5) is 0 Å². The van der Waals surface area contributed by atoms with Gasteiger partial charge in [-0.2, -0.15) is 0 Å². The molecule has 1 heterocycles. The van der Waals surface area contributed by atoms with Gasteiger partial charge in [0.25, 0.3) is 0 Å². The maximum absolute atomic E-state index is 4.57. The molecule has 0 aromatic heterocycles. The number of rotatable bonds is 1. The van der Waals surface area contributed by atoms with E-state index in [0.29, 0.717) is 5.54 Å². The molecule has 1 aliphatic heterocycles. The van der Waals surface area contributed by atoms with Gasteiger partial charge in [0.2, 0.25) is 0 Å². The van der Waals surface area contributed by atoms with E-state index in [-0.39, 0.29) is 0 Å². The molecule has 1 saturated carbocycles. The molecule has 80 valence electrons. The SMILES string of the molecule is CC1(NC2=NCCCC2)CCCCC1. The summed E-state index contributed by atoms with van der Waals surface area (Å²) in [6, 6.07) is 0. The Morgan fingerprint density at radius 1 is 1.07 bits per heavy atom. The summed E-state index contributed by atoms with van der Waals surface area (Å²) < 4.78 is 0. The van der Waals surface area contributed by atoms with E-state index >= 15 is 0 Å². The number of hydrogen-bond acceptors (Lipinski definition) is 2. The van der Waals surface area contributed by atoms with Crippen LogP contribution in [0.25, 0.3) is 0 Å². The fourth-order valence-corrected chi connectivity index (χ4v) is 2.60. The van der Waals surface area contributed by atoms with Gasteiger partial charge >= 0.3 is 0 Å². The van der Waals surface area contributed by atoms with E-state index in [0.717, 1.165) is 6.54 Å². The molecule has 1 N–H and O–H groups in total. The molecule has 0 amide bonds. The van der Waals surface area contributed by atoms with Crippen molar-refractivity contribution in [2.75, 3.05) is 6.54 Å². The van der Waals surface area contributed by atoms with Crippen LogP contribution < -0.4 is 5.32 Å². The van der Waals surface area contributed by atoms with E-state index in [2.05, 4.69) is 17.2 Å². The highest BCUT2D eigenvalue weighted by Gasteiger charge is 2.27. The van der Waals surface area contributed by atoms with Crippen LogP contribution in [0, 0.1) is 0 Å². The summed E-state index contributed by atoms with van der Waals surface area (Å²) in [6.45, 7) is 3.40. The predicted molar refractivity (Wildman–Crippen MR) is 60.8 cm³/mol. The Kier molecular flexibility index (Phi) is 3.09. The average molecular weight is 194 g/mol. The number of hydrogen-bond donors (Lipinski definition) is 1. The van der Waals surface area contributed by atoms with Gasteiger partial charge in [-0.05, 0) is 32.6 Å². The largest absolute Gasteiger partial charge is 0.369 e. The lowest BCUT2D eigenvalue weighted by molar-refractivity contribution is 0.288. The Labute approximate surface area is 87.2 Å². The van der Waals surface area contributed by atoms with E-state index in [9.17, 15) is 0 Å². The highest BCUT2D eigenvalue weighted by Crippen LogP contribution is 2.28. The minimum atomic E-state index is 0.356. The molecule has 0 saturated heterocycles. The smallest absolute Gasteiger partial charge is 0.0967 e. The summed E-state index contributed by atoms with van der Waals surface area (Å²) in [6.07, 6.45) is 10.6. The summed E-state index contributed by atoms with van der Waals surface area (Å²) in [7, 11) is 0. The Hall–Kier alpha value is -0.530. The minimum absolute atomic E-state index is 0.356. The van der Waals surface area contributed by atoms with Gasteiger partial charge in [0.15, 0.2) is 0 Å². The molecule has 1 fully saturated rings. The zero-order valence-corrected chi connectivity index (χ0v) is 9.31. The van der Waals surface area contributed by atoms with Crippen molar-refractivity contribution in [2.45, 2.75) is 63.8 Å². The topological polar surface area (TPSA) is 24.4 Å². The van der Waals surface area contributed by atoms with Gasteiger partial charge in [-0.3, -0.25) is 4.99 Å². The van der Waals surface area contributed by atoms with Crippen LogP contribution in [0.1, 0.15) is 58.3 Å². The lowest BCUT2D eigenvalue weighted by Crippen LogP contribution is -2.47. The third-order valence-corrected chi connectivity index (χ3v) is 3.53. The molecule has 2 aliphatic rings. The van der Waals surface area contributed by atoms with Crippen molar-refractivity contribution >= 4 is 5.84 Å². The second kappa shape index (κ2) is 4.33. The summed E-state index contributed by atoms with van der Waals surface area (Å²) in [5.41, 5.74) is 0.356. The highest BCUT2D eigenvalue weighted by atomic mass is 15.1. The maximum Gasteiger partial charge on any atom is 0.0967 e. The minimum Gasteiger partial charge on any atom is -0.369 e. The molecule has 0 aromatic rings. The van der Waals surface area contributed by atoms with Crippen molar-refractivity contribution in [3.8, 4) is 0 Å². The van der Waals surface area contributed by atoms with E-state index in [1.807, 2.05) is 0 Å². The van der Waals surface area contributed by atoms with Crippen molar-refractivity contribution in [1.29, 1.82) is 0 Å². The molecule has 0 spiro atoms. The van der Waals surface area contributed by atoms with E-state index in [1.165, 1.54) is 57.2 Å². The van der Waals surface area contributed by atoms with Crippen molar-refractivity contribution in [1.82, 2.24) is 5.32 Å². The van der Waals surface area contributed by atoms with Crippen molar-refractivity contribution in [3.63, 3.8) is 0 Å². The fraction of sp³-hybridized carbons (Fsp3) is 0.917. The normalized spacial score (nSPS) is 26.8. The third kappa shape index (κ3) is 2.49. The molecule has 0 atom stereocenters. The first-order valence-corrected chi connectivity index (χ1v) is 6.10. The van der Waals surface area contributed by atoms with Crippen molar-refractivity contribution in [2.24, 2.45) is 4.99 Å². The van der Waals surface area contributed by atoms with Crippen LogP contribution in [0.5, 0.6) is 0 Å². The van der Waals surface area contributed by atoms with E-state index in [4.69, 9.17) is 0 Å². The van der Waals surface area contributed by atoms with Gasteiger partial charge in [0, 0.05) is 18.5 Å². The van der Waals surface area contributed by atoms with Crippen LogP contribution in [-0.4, -0.2) is 17.9 Å². The highest BCUT2D eigenvalue weighted by molar-refractivity contribution is 5.83. The molecule has 2 rings (SSSR count). The zero-order chi connectivity index (χ0) is 9.86. The number of aliphatic imine (C=N–C) groups is 1. The average Bonchev–Trinajstić information content (AvgIpc) is 2.19. The Morgan fingerprint density at radius 3 is 2.50 bits per heavy atom. The first-order chi connectivity index (χ1) is 6.79. The lowest BCUT2D eigenvalue weighted by Gasteiger charge is -2.36. The van der Waals surface area contributed by atoms with Gasteiger partial charge in [0.05, 0.1) is 5.84 Å². The van der Waals surface area contributed by atoms with Crippen LogP contribution in [0.15, 0.2) is 4.99 Å². The number of nitrogens with zero attached hydrogens (tertiary/aromatic N) is 1. The lowest BCUT2D eigenvalue weighted by atomic mass is 9.83. The molecule has 14 heavy (non-hydrogen) atoms. The third-order valence-electron chi connectivity index (χ3n) is 3.53. The summed E-state index contributed by atoms with van der Waals surface area (Å²) >= 11 is 0. The first-order valence-electron chi connectivity index (χ1n) is 6.10. The Bertz CT molecular complexity index is 214. The monoisotopic (exact) mass is 194 g/mol. The molecule has 0 aromatic carbocycles. The molecule has 0 bridgehead atoms. The second-order valence-corrected chi connectivity index (χ2v) is 5.03. The quantitative estimate of drug-likeness (QED) is 0.682. The predicted octanol–water partition coefficient (Wildman–Crippen LogP) is 2.88. The van der Waals surface area contributed by atoms with Crippen molar-refractivity contribution in [3.05, 3.63) is 0 Å². The fourth-order valence-electron chi connectivity index (χ4n) is 2.60. The molecular weight excluding hydrogens is 172 g/mol. The van der Waals surface area contributed by atoms with Gasteiger partial charge in [0.1, 0.15) is 0 Å². The second-order valence-electron chi connectivity index (χ2n) is 5.03. The van der Waals surface area contributed by atoms with E-state index < -0.39 is 0 Å². The summed E-state index contributed by atoms with van der Waals surface area (Å²) in [4.78, 5) is 4.57. The van der Waals surface area contributed by atoms with Crippen LogP contribution >= 0.6 is 0 Å². The molecular formula is C12H22N2. The van der Waals surface area contributed by atoms with E-state index in [1.54, 1.807) is 0 Å². The number of amidine groups is 1. The maximum atomic E-state index is 4.57. The Morgan fingerprint density at radius 2 is 1.86 bits per heavy atom. The van der Waals surface area contributed by atoms with Crippen LogP contribution in [0.3, 0.4) is 0 Å². The summed E-state index contributed by atoms with van der Waals surface area (Å²) in [5, 5.41) is 3.68. The first kappa shape index (κ1) is 10.0. The molecule has 0 radical (unpaired) electrons. The molecule has 2 nitrogen and oxygen atoms in total. The van der Waals surface area contributed by atoms with Gasteiger partial charge in [-0.15, -0.1) is 0 Å². The molecule has 2 heteroatoms. The van der Waals surface area contributed by atoms with Gasteiger partial charge in [-0.25, -0.2) is 0 Å². The summed E-state index contributed by atoms with van der Waals surface area (Å²) in [5.74, 6) is 1.28. The van der Waals surface area contributed by atoms with Crippen molar-refractivity contribution < 1.29 is 0 Å². The molecule has 0 unspecified atom stereocenters. The van der Waals surface area contributed by atoms with Crippen LogP contribution in [0.2, 0.25) is 0 Å². The zero-order valence-electron chi connectivity index (χ0n) is 9.31. The van der Waals surface area contributed by atoms with Crippen LogP contribution in [-0.2, 0) is 0 Å². The number of nitrogens with one attached hydrogen (secondary N) is 1.